The van der Waals surface area contributed by atoms with Gasteiger partial charge in [0.1, 0.15) is 6.10 Å². The molecule has 62 valence electrons. The van der Waals surface area contributed by atoms with Gasteiger partial charge >= 0.3 is 0 Å². The zero-order valence-electron chi connectivity index (χ0n) is 5.92. The summed E-state index contributed by atoms with van der Waals surface area (Å²) in [4.78, 5) is 1.09. The van der Waals surface area contributed by atoms with Gasteiger partial charge in [-0.1, -0.05) is 15.9 Å². The van der Waals surface area contributed by atoms with E-state index in [-0.39, 0.29) is 4.83 Å². The Morgan fingerprint density at radius 1 is 1.64 bits per heavy atom. The number of thiophene rings is 1. The Balaban J connectivity index is 2.76. The van der Waals surface area contributed by atoms with Crippen LogP contribution in [-0.2, 0) is 0 Å². The zero-order valence-corrected chi connectivity index (χ0v) is 9.91. The highest BCUT2D eigenvalue weighted by molar-refractivity contribution is 9.10. The minimum absolute atomic E-state index is 0.105. The molecule has 0 bridgehead atoms. The number of halogens is 2. The lowest BCUT2D eigenvalue weighted by atomic mass is 10.2. The van der Waals surface area contributed by atoms with Crippen LogP contribution in [0.2, 0.25) is 0 Å². The first-order valence-corrected chi connectivity index (χ1v) is 5.76. The average Bonchev–Trinajstić information content (AvgIpc) is 2.34. The highest BCUT2D eigenvalue weighted by Crippen LogP contribution is 2.29. The molecule has 1 aromatic heterocycles. The van der Waals surface area contributed by atoms with Crippen LogP contribution >= 0.6 is 43.2 Å². The second-order valence-corrected chi connectivity index (χ2v) is 5.59. The van der Waals surface area contributed by atoms with Gasteiger partial charge in [-0.2, -0.15) is 0 Å². The average molecular weight is 300 g/mol. The molecule has 0 aromatic carbocycles. The van der Waals surface area contributed by atoms with Crippen molar-refractivity contribution in [3.8, 4) is 0 Å². The summed E-state index contributed by atoms with van der Waals surface area (Å²) in [6, 6.07) is 1.94. The van der Waals surface area contributed by atoms with Crippen molar-refractivity contribution in [1.82, 2.24) is 0 Å². The molecule has 0 radical (unpaired) electrons. The third-order valence-electron chi connectivity index (χ3n) is 1.31. The van der Waals surface area contributed by atoms with E-state index >= 15 is 0 Å². The van der Waals surface area contributed by atoms with Crippen molar-refractivity contribution in [1.29, 1.82) is 0 Å². The smallest absolute Gasteiger partial charge is 0.100 e. The lowest BCUT2D eigenvalue weighted by Gasteiger charge is -2.09. The first-order chi connectivity index (χ1) is 5.11. The van der Waals surface area contributed by atoms with Crippen LogP contribution in [0.4, 0.5) is 0 Å². The van der Waals surface area contributed by atoms with Crippen LogP contribution in [0.25, 0.3) is 0 Å². The van der Waals surface area contributed by atoms with E-state index in [1.165, 1.54) is 0 Å². The van der Waals surface area contributed by atoms with Crippen LogP contribution in [0, 0.1) is 0 Å². The number of aliphatic hydroxyl groups excluding tert-OH is 1. The number of hydrogen-bond acceptors (Lipinski definition) is 2. The van der Waals surface area contributed by atoms with Crippen molar-refractivity contribution in [2.24, 2.45) is 0 Å². The van der Waals surface area contributed by atoms with E-state index < -0.39 is 6.10 Å². The van der Waals surface area contributed by atoms with Crippen molar-refractivity contribution in [2.45, 2.75) is 17.9 Å². The van der Waals surface area contributed by atoms with Crippen molar-refractivity contribution in [2.75, 3.05) is 0 Å². The Morgan fingerprint density at radius 3 is 2.64 bits per heavy atom. The Hall–Kier alpha value is 0.620. The SMILES string of the molecule is CC(Br)C(O)c1cc(Br)cs1. The minimum Gasteiger partial charge on any atom is -0.386 e. The standard InChI is InChI=1S/C7H8Br2OS/c1-4(8)7(10)6-2-5(9)3-11-6/h2-4,7,10H,1H3. The number of hydrogen-bond donors (Lipinski definition) is 1. The van der Waals surface area contributed by atoms with Crippen LogP contribution in [0.3, 0.4) is 0 Å². The first-order valence-electron chi connectivity index (χ1n) is 3.17. The molecule has 4 heteroatoms. The van der Waals surface area contributed by atoms with E-state index in [2.05, 4.69) is 31.9 Å². The third kappa shape index (κ3) is 2.54. The second-order valence-electron chi connectivity index (χ2n) is 2.29. The van der Waals surface area contributed by atoms with Gasteiger partial charge in [0.2, 0.25) is 0 Å². The maximum Gasteiger partial charge on any atom is 0.100 e. The highest BCUT2D eigenvalue weighted by Gasteiger charge is 2.14. The molecule has 0 saturated heterocycles. The Morgan fingerprint density at radius 2 is 2.27 bits per heavy atom. The van der Waals surface area contributed by atoms with E-state index in [1.807, 2.05) is 18.4 Å². The monoisotopic (exact) mass is 298 g/mol. The van der Waals surface area contributed by atoms with Gasteiger partial charge < -0.3 is 5.11 Å². The fraction of sp³-hybridized carbons (Fsp3) is 0.429. The van der Waals surface area contributed by atoms with E-state index in [4.69, 9.17) is 0 Å². The fourth-order valence-electron chi connectivity index (χ4n) is 0.710. The molecule has 0 saturated carbocycles. The van der Waals surface area contributed by atoms with Crippen molar-refractivity contribution < 1.29 is 5.11 Å². The van der Waals surface area contributed by atoms with Crippen LogP contribution in [0.1, 0.15) is 17.9 Å². The number of alkyl halides is 1. The molecule has 0 aliphatic carbocycles. The van der Waals surface area contributed by atoms with Crippen LogP contribution in [0.15, 0.2) is 15.9 Å². The number of aliphatic hydroxyl groups is 1. The Kier molecular flexibility index (Phi) is 3.55. The van der Waals surface area contributed by atoms with Gasteiger partial charge in [0, 0.05) is 19.6 Å². The van der Waals surface area contributed by atoms with Gasteiger partial charge in [0.05, 0.1) is 0 Å². The van der Waals surface area contributed by atoms with Crippen molar-refractivity contribution in [3.05, 3.63) is 20.8 Å². The molecule has 0 fully saturated rings. The van der Waals surface area contributed by atoms with Crippen LogP contribution < -0.4 is 0 Å². The van der Waals surface area contributed by atoms with E-state index in [9.17, 15) is 5.11 Å². The fourth-order valence-corrected chi connectivity index (χ4v) is 2.70. The molecule has 1 N–H and O–H groups in total. The molecule has 1 rings (SSSR count). The highest BCUT2D eigenvalue weighted by atomic mass is 79.9. The Labute approximate surface area is 86.7 Å². The number of rotatable bonds is 2. The van der Waals surface area contributed by atoms with Crippen molar-refractivity contribution >= 4 is 43.2 Å². The van der Waals surface area contributed by atoms with E-state index in [1.54, 1.807) is 11.3 Å². The molecule has 0 spiro atoms. The summed E-state index contributed by atoms with van der Waals surface area (Å²) in [6.07, 6.45) is -0.397. The first kappa shape index (κ1) is 9.71. The summed E-state index contributed by atoms with van der Waals surface area (Å²) in [5.74, 6) is 0. The maximum atomic E-state index is 9.55. The molecular formula is C7H8Br2OS. The molecule has 0 amide bonds. The van der Waals surface area contributed by atoms with Crippen molar-refractivity contribution in [3.63, 3.8) is 0 Å². The maximum absolute atomic E-state index is 9.55. The zero-order chi connectivity index (χ0) is 8.43. The molecule has 2 atom stereocenters. The molecule has 1 heterocycles. The lowest BCUT2D eigenvalue weighted by Crippen LogP contribution is -2.05. The third-order valence-corrected chi connectivity index (χ3v) is 3.58. The summed E-state index contributed by atoms with van der Waals surface area (Å²) in [7, 11) is 0. The predicted octanol–water partition coefficient (Wildman–Crippen LogP) is 3.33. The topological polar surface area (TPSA) is 20.2 Å². The molecule has 1 nitrogen and oxygen atoms in total. The largest absolute Gasteiger partial charge is 0.386 e. The molecule has 1 aromatic rings. The van der Waals surface area contributed by atoms with Gasteiger partial charge in [-0.15, -0.1) is 11.3 Å². The van der Waals surface area contributed by atoms with Gasteiger partial charge in [-0.05, 0) is 28.9 Å². The minimum atomic E-state index is -0.397. The van der Waals surface area contributed by atoms with E-state index in [0.29, 0.717) is 0 Å². The van der Waals surface area contributed by atoms with E-state index in [0.717, 1.165) is 9.35 Å². The molecular weight excluding hydrogens is 292 g/mol. The molecule has 0 aliphatic rings. The summed E-state index contributed by atoms with van der Waals surface area (Å²) in [5.41, 5.74) is 0. The van der Waals surface area contributed by atoms with Gasteiger partial charge in [-0.25, -0.2) is 0 Å². The predicted molar refractivity (Wildman–Crippen MR) is 55.4 cm³/mol. The van der Waals surface area contributed by atoms with Gasteiger partial charge in [0.15, 0.2) is 0 Å². The quantitative estimate of drug-likeness (QED) is 0.831. The lowest BCUT2D eigenvalue weighted by molar-refractivity contribution is 0.185. The normalized spacial score (nSPS) is 16.4. The van der Waals surface area contributed by atoms with Gasteiger partial charge in [-0.3, -0.25) is 0 Å². The summed E-state index contributed by atoms with van der Waals surface area (Å²) < 4.78 is 1.03. The summed E-state index contributed by atoms with van der Waals surface area (Å²) in [5, 5.41) is 11.5. The second kappa shape index (κ2) is 4.03. The van der Waals surface area contributed by atoms with Crippen LogP contribution in [0.5, 0.6) is 0 Å². The van der Waals surface area contributed by atoms with Crippen LogP contribution in [-0.4, -0.2) is 9.93 Å². The summed E-state index contributed by atoms with van der Waals surface area (Å²) in [6.45, 7) is 1.93. The molecule has 11 heavy (non-hydrogen) atoms. The molecule has 2 unspecified atom stereocenters. The molecule has 0 aliphatic heterocycles. The summed E-state index contributed by atoms with van der Waals surface area (Å²) >= 11 is 8.22. The van der Waals surface area contributed by atoms with Gasteiger partial charge in [0.25, 0.3) is 0 Å². The Bertz CT molecular complexity index is 234.